The maximum absolute atomic E-state index is 14.9. The first-order chi connectivity index (χ1) is 13.3. The third kappa shape index (κ3) is 3.26. The molecule has 9 heteroatoms. The number of amides is 2. The molecule has 1 aliphatic rings. The van der Waals surface area contributed by atoms with Gasteiger partial charge in [0.25, 0.3) is 11.8 Å². The smallest absolute Gasteiger partial charge is 0.296 e. The number of carbonyl (C=O) groups is 2. The van der Waals surface area contributed by atoms with Crippen LogP contribution in [0.2, 0.25) is 0 Å². The number of rotatable bonds is 3. The number of primary amides is 1. The standard InChI is InChI=1S/C19H19F3N4O2/c1-3-5-11(27)25-10-6-4-7-26(8-10)18-12-14(20)9(2)24-17(12)13(19(23)28)15(21)16(18)22/h10,24H,4,6-8H2,1-2H3,(H2,23,28)(H,25,27). The molecular formula is C19H19F3N4O2. The van der Waals surface area contributed by atoms with E-state index in [1.807, 2.05) is 0 Å². The van der Waals surface area contributed by atoms with E-state index in [9.17, 15) is 22.8 Å². The van der Waals surface area contributed by atoms with Gasteiger partial charge in [-0.05, 0) is 32.6 Å². The number of benzene rings is 1. The monoisotopic (exact) mass is 392 g/mol. The minimum Gasteiger partial charge on any atom is -0.366 e. The van der Waals surface area contributed by atoms with Crippen LogP contribution < -0.4 is 16.0 Å². The molecule has 0 bridgehead atoms. The third-order valence-electron chi connectivity index (χ3n) is 4.78. The number of aromatic nitrogens is 1. The van der Waals surface area contributed by atoms with Crippen molar-refractivity contribution in [1.82, 2.24) is 10.3 Å². The van der Waals surface area contributed by atoms with Crippen molar-refractivity contribution in [2.45, 2.75) is 32.7 Å². The summed E-state index contributed by atoms with van der Waals surface area (Å²) in [5, 5.41) is 2.47. The van der Waals surface area contributed by atoms with Gasteiger partial charge in [-0.2, -0.15) is 0 Å². The Kier molecular flexibility index (Phi) is 5.23. The molecule has 0 radical (unpaired) electrons. The van der Waals surface area contributed by atoms with E-state index in [-0.39, 0.29) is 34.9 Å². The Morgan fingerprint density at radius 2 is 1.96 bits per heavy atom. The Morgan fingerprint density at radius 3 is 2.61 bits per heavy atom. The molecule has 28 heavy (non-hydrogen) atoms. The lowest BCUT2D eigenvalue weighted by Gasteiger charge is -2.35. The van der Waals surface area contributed by atoms with E-state index in [4.69, 9.17) is 5.73 Å². The summed E-state index contributed by atoms with van der Waals surface area (Å²) in [7, 11) is 0. The number of nitrogens with one attached hydrogen (secondary N) is 2. The van der Waals surface area contributed by atoms with Crippen LogP contribution in [-0.2, 0) is 4.79 Å². The van der Waals surface area contributed by atoms with Gasteiger partial charge in [-0.1, -0.05) is 5.92 Å². The van der Waals surface area contributed by atoms with Crippen LogP contribution >= 0.6 is 0 Å². The Balaban J connectivity index is 2.11. The molecule has 2 amide bonds. The van der Waals surface area contributed by atoms with Crippen LogP contribution in [0.15, 0.2) is 0 Å². The highest BCUT2D eigenvalue weighted by molar-refractivity contribution is 6.09. The summed E-state index contributed by atoms with van der Waals surface area (Å²) < 4.78 is 44.3. The van der Waals surface area contributed by atoms with Gasteiger partial charge in [0.1, 0.15) is 5.56 Å². The zero-order valence-corrected chi connectivity index (χ0v) is 15.4. The second-order valence-electron chi connectivity index (χ2n) is 6.66. The molecule has 2 aromatic rings. The molecule has 6 nitrogen and oxygen atoms in total. The molecule has 1 aromatic carbocycles. The van der Waals surface area contributed by atoms with Gasteiger partial charge in [-0.15, -0.1) is 0 Å². The zero-order valence-electron chi connectivity index (χ0n) is 15.4. The molecule has 148 valence electrons. The Morgan fingerprint density at radius 1 is 1.25 bits per heavy atom. The number of anilines is 1. The number of hydrogen-bond acceptors (Lipinski definition) is 3. The lowest BCUT2D eigenvalue weighted by molar-refractivity contribution is -0.116. The van der Waals surface area contributed by atoms with Crippen LogP contribution in [-0.4, -0.2) is 35.9 Å². The molecule has 0 spiro atoms. The lowest BCUT2D eigenvalue weighted by atomic mass is 10.0. The third-order valence-corrected chi connectivity index (χ3v) is 4.78. The normalized spacial score (nSPS) is 16.6. The molecule has 1 aliphatic heterocycles. The number of fused-ring (bicyclic) bond motifs is 1. The maximum Gasteiger partial charge on any atom is 0.296 e. The van der Waals surface area contributed by atoms with E-state index in [2.05, 4.69) is 22.1 Å². The number of carbonyl (C=O) groups excluding carboxylic acids is 2. The Bertz CT molecular complexity index is 1040. The van der Waals surface area contributed by atoms with Crippen LogP contribution in [0.5, 0.6) is 0 Å². The van der Waals surface area contributed by atoms with Gasteiger partial charge >= 0.3 is 0 Å². The van der Waals surface area contributed by atoms with Gasteiger partial charge < -0.3 is 20.9 Å². The largest absolute Gasteiger partial charge is 0.366 e. The second kappa shape index (κ2) is 7.46. The number of piperidine rings is 1. The fourth-order valence-electron chi connectivity index (χ4n) is 3.61. The average molecular weight is 392 g/mol. The molecule has 1 unspecified atom stereocenters. The summed E-state index contributed by atoms with van der Waals surface area (Å²) in [4.78, 5) is 27.4. The molecular weight excluding hydrogens is 373 g/mol. The van der Waals surface area contributed by atoms with Crippen LogP contribution in [0.3, 0.4) is 0 Å². The van der Waals surface area contributed by atoms with Crippen molar-refractivity contribution in [3.05, 3.63) is 28.7 Å². The Labute approximate surface area is 159 Å². The SMILES string of the molecule is CC#CC(=O)NC1CCCN(c2c(F)c(F)c(C(N)=O)c3[nH]c(C)c(F)c23)C1. The minimum absolute atomic E-state index is 0.0313. The molecule has 1 saturated heterocycles. The number of nitrogens with zero attached hydrogens (tertiary/aromatic N) is 1. The molecule has 4 N–H and O–H groups in total. The van der Waals surface area contributed by atoms with Crippen molar-refractivity contribution in [3.8, 4) is 11.8 Å². The summed E-state index contributed by atoms with van der Waals surface area (Å²) in [6.07, 6.45) is 1.19. The first-order valence-electron chi connectivity index (χ1n) is 8.73. The predicted octanol–water partition coefficient (Wildman–Crippen LogP) is 2.10. The van der Waals surface area contributed by atoms with Gasteiger partial charge in [0.05, 0.1) is 16.6 Å². The van der Waals surface area contributed by atoms with Crippen LogP contribution in [0, 0.1) is 36.2 Å². The van der Waals surface area contributed by atoms with E-state index in [0.29, 0.717) is 19.4 Å². The van der Waals surface area contributed by atoms with E-state index >= 15 is 0 Å². The molecule has 2 heterocycles. The summed E-state index contributed by atoms with van der Waals surface area (Å²) in [5.74, 6) is -0.387. The second-order valence-corrected chi connectivity index (χ2v) is 6.66. The fourth-order valence-corrected chi connectivity index (χ4v) is 3.61. The van der Waals surface area contributed by atoms with Crippen LogP contribution in [0.4, 0.5) is 18.9 Å². The number of halogens is 3. The molecule has 3 rings (SSSR count). The number of hydrogen-bond donors (Lipinski definition) is 3. The predicted molar refractivity (Wildman–Crippen MR) is 98.3 cm³/mol. The first-order valence-corrected chi connectivity index (χ1v) is 8.73. The molecule has 1 atom stereocenters. The summed E-state index contributed by atoms with van der Waals surface area (Å²) in [5.41, 5.74) is 4.02. The number of H-pyrrole nitrogens is 1. The van der Waals surface area contributed by atoms with E-state index in [0.717, 1.165) is 0 Å². The van der Waals surface area contributed by atoms with Gasteiger partial charge in [-0.25, -0.2) is 13.2 Å². The first kappa shape index (κ1) is 19.6. The van der Waals surface area contributed by atoms with Crippen LogP contribution in [0.1, 0.15) is 35.8 Å². The van der Waals surface area contributed by atoms with Crippen molar-refractivity contribution in [3.63, 3.8) is 0 Å². The highest BCUT2D eigenvalue weighted by Crippen LogP contribution is 2.38. The quantitative estimate of drug-likeness (QED) is 0.699. The van der Waals surface area contributed by atoms with Crippen molar-refractivity contribution >= 4 is 28.4 Å². The molecule has 0 saturated carbocycles. The summed E-state index contributed by atoms with van der Waals surface area (Å²) in [6.45, 7) is 3.39. The number of nitrogens with two attached hydrogens (primary N) is 1. The van der Waals surface area contributed by atoms with Gasteiger partial charge in [0.2, 0.25) is 0 Å². The zero-order chi connectivity index (χ0) is 20.6. The van der Waals surface area contributed by atoms with Gasteiger partial charge in [0.15, 0.2) is 17.5 Å². The number of aryl methyl sites for hydroxylation is 1. The van der Waals surface area contributed by atoms with Crippen molar-refractivity contribution in [2.24, 2.45) is 5.73 Å². The highest BCUT2D eigenvalue weighted by Gasteiger charge is 2.32. The highest BCUT2D eigenvalue weighted by atomic mass is 19.2. The van der Waals surface area contributed by atoms with Crippen LogP contribution in [0.25, 0.3) is 10.9 Å². The van der Waals surface area contributed by atoms with E-state index in [1.54, 1.807) is 0 Å². The maximum atomic E-state index is 14.9. The minimum atomic E-state index is -1.43. The van der Waals surface area contributed by atoms with Crippen molar-refractivity contribution in [2.75, 3.05) is 18.0 Å². The summed E-state index contributed by atoms with van der Waals surface area (Å²) >= 11 is 0. The van der Waals surface area contributed by atoms with Gasteiger partial charge in [-0.3, -0.25) is 9.59 Å². The Hall–Kier alpha value is -3.15. The molecule has 1 fully saturated rings. The van der Waals surface area contributed by atoms with E-state index in [1.165, 1.54) is 18.7 Å². The topological polar surface area (TPSA) is 91.2 Å². The van der Waals surface area contributed by atoms with Crippen molar-refractivity contribution in [1.29, 1.82) is 0 Å². The molecule has 0 aliphatic carbocycles. The number of aromatic amines is 1. The van der Waals surface area contributed by atoms with E-state index < -0.39 is 34.8 Å². The average Bonchev–Trinajstić information content (AvgIpc) is 2.91. The lowest BCUT2D eigenvalue weighted by Crippen LogP contribution is -2.48. The van der Waals surface area contributed by atoms with Crippen molar-refractivity contribution < 1.29 is 22.8 Å². The molecule has 1 aromatic heterocycles. The van der Waals surface area contributed by atoms with Gasteiger partial charge in [0, 0.05) is 24.8 Å². The fraction of sp³-hybridized carbons (Fsp3) is 0.368. The summed E-state index contributed by atoms with van der Waals surface area (Å²) in [6, 6.07) is -0.362.